The summed E-state index contributed by atoms with van der Waals surface area (Å²) in [4.78, 5) is 0. The quantitative estimate of drug-likeness (QED) is 0.436. The van der Waals surface area contributed by atoms with E-state index in [1.54, 1.807) is 21.3 Å². The molecule has 0 saturated carbocycles. The molecule has 0 unspecified atom stereocenters. The van der Waals surface area contributed by atoms with E-state index in [1.165, 1.54) is 28.0 Å². The van der Waals surface area contributed by atoms with Crippen molar-refractivity contribution in [2.45, 2.75) is 13.3 Å². The van der Waals surface area contributed by atoms with Gasteiger partial charge in [-0.15, -0.1) is 0 Å². The smallest absolute Gasteiger partial charge is 0.203 e. The molecule has 2 aromatic heterocycles. The van der Waals surface area contributed by atoms with Crippen molar-refractivity contribution in [1.82, 2.24) is 4.40 Å². The van der Waals surface area contributed by atoms with Crippen LogP contribution in [0, 0.1) is 6.92 Å². The summed E-state index contributed by atoms with van der Waals surface area (Å²) < 4.78 is 18.9. The van der Waals surface area contributed by atoms with Crippen LogP contribution in [-0.2, 0) is 6.42 Å². The summed E-state index contributed by atoms with van der Waals surface area (Å²) in [5.41, 5.74) is 7.16. The molecule has 0 amide bonds. The Hall–Kier alpha value is -3.40. The summed E-state index contributed by atoms with van der Waals surface area (Å²) in [6.07, 6.45) is 0.736. The van der Waals surface area contributed by atoms with Crippen molar-refractivity contribution >= 4 is 5.52 Å². The van der Waals surface area contributed by atoms with Crippen molar-refractivity contribution in [1.29, 1.82) is 0 Å². The maximum atomic E-state index is 5.55. The fourth-order valence-electron chi connectivity index (χ4n) is 3.94. The van der Waals surface area contributed by atoms with Crippen LogP contribution in [0.5, 0.6) is 17.2 Å². The highest BCUT2D eigenvalue weighted by molar-refractivity contribution is 5.75. The highest BCUT2D eigenvalue weighted by Gasteiger charge is 2.17. The molecule has 4 heteroatoms. The van der Waals surface area contributed by atoms with E-state index in [1.807, 2.05) is 18.2 Å². The number of pyridine rings is 1. The van der Waals surface area contributed by atoms with Gasteiger partial charge < -0.3 is 18.6 Å². The predicted molar refractivity (Wildman–Crippen MR) is 116 cm³/mol. The van der Waals surface area contributed by atoms with Crippen LogP contribution in [0.1, 0.15) is 17.0 Å². The first-order valence-electron chi connectivity index (χ1n) is 9.60. The zero-order chi connectivity index (χ0) is 20.4. The Balaban J connectivity index is 1.90. The van der Waals surface area contributed by atoms with E-state index in [4.69, 9.17) is 14.2 Å². The van der Waals surface area contributed by atoms with E-state index in [0.717, 1.165) is 12.0 Å². The maximum absolute atomic E-state index is 5.55. The Morgan fingerprint density at radius 3 is 2.07 bits per heavy atom. The van der Waals surface area contributed by atoms with Crippen LogP contribution < -0.4 is 14.2 Å². The van der Waals surface area contributed by atoms with E-state index >= 15 is 0 Å². The summed E-state index contributed by atoms with van der Waals surface area (Å²) in [5, 5.41) is 0. The van der Waals surface area contributed by atoms with Crippen LogP contribution in [0.15, 0.2) is 66.7 Å². The Morgan fingerprint density at radius 1 is 0.759 bits per heavy atom. The van der Waals surface area contributed by atoms with Gasteiger partial charge in [-0.3, -0.25) is 0 Å². The standard InChI is InChI=1S/C25H25NO3/c1-17-9-8-12-20-16-21(19-10-6-5-7-11-19)22(26(17)20)13-18-14-23(27-2)25(29-4)24(15-18)28-3/h5-12,14-16H,13H2,1-4H3. The highest BCUT2D eigenvalue weighted by atomic mass is 16.5. The van der Waals surface area contributed by atoms with E-state index in [0.29, 0.717) is 17.2 Å². The number of hydrogen-bond donors (Lipinski definition) is 0. The van der Waals surface area contributed by atoms with Crippen molar-refractivity contribution in [2.75, 3.05) is 21.3 Å². The van der Waals surface area contributed by atoms with Gasteiger partial charge in [0.15, 0.2) is 11.5 Å². The van der Waals surface area contributed by atoms with E-state index in [9.17, 15) is 0 Å². The van der Waals surface area contributed by atoms with Crippen LogP contribution in [0.25, 0.3) is 16.6 Å². The molecule has 0 fully saturated rings. The van der Waals surface area contributed by atoms with E-state index in [2.05, 4.69) is 59.9 Å². The molecule has 0 radical (unpaired) electrons. The third-order valence-electron chi connectivity index (χ3n) is 5.27. The summed E-state index contributed by atoms with van der Waals surface area (Å²) in [6.45, 7) is 2.14. The van der Waals surface area contributed by atoms with Crippen molar-refractivity contribution in [3.8, 4) is 28.4 Å². The number of benzene rings is 2. The highest BCUT2D eigenvalue weighted by Crippen LogP contribution is 2.39. The second kappa shape index (κ2) is 7.92. The van der Waals surface area contributed by atoms with Gasteiger partial charge in [0.1, 0.15) is 0 Å². The minimum Gasteiger partial charge on any atom is -0.493 e. The van der Waals surface area contributed by atoms with Crippen LogP contribution in [0.4, 0.5) is 0 Å². The molecule has 0 N–H and O–H groups in total. The zero-order valence-corrected chi connectivity index (χ0v) is 17.2. The van der Waals surface area contributed by atoms with Gasteiger partial charge in [-0.05, 0) is 48.4 Å². The molecule has 2 heterocycles. The molecule has 4 nitrogen and oxygen atoms in total. The van der Waals surface area contributed by atoms with Gasteiger partial charge in [0.25, 0.3) is 0 Å². The second-order valence-corrected chi connectivity index (χ2v) is 7.01. The minimum absolute atomic E-state index is 0.609. The number of fused-ring (bicyclic) bond motifs is 1. The Bertz CT molecular complexity index is 1120. The van der Waals surface area contributed by atoms with Gasteiger partial charge in [-0.1, -0.05) is 36.4 Å². The maximum Gasteiger partial charge on any atom is 0.203 e. The van der Waals surface area contributed by atoms with Crippen LogP contribution in [-0.4, -0.2) is 25.7 Å². The summed E-state index contributed by atoms with van der Waals surface area (Å²) in [6, 6.07) is 23.2. The van der Waals surface area contributed by atoms with Crippen molar-refractivity contribution in [3.05, 3.63) is 83.7 Å². The molecule has 29 heavy (non-hydrogen) atoms. The first-order chi connectivity index (χ1) is 14.2. The Labute approximate surface area is 171 Å². The third kappa shape index (κ3) is 3.42. The molecule has 4 aromatic rings. The lowest BCUT2D eigenvalue weighted by molar-refractivity contribution is 0.324. The zero-order valence-electron chi connectivity index (χ0n) is 17.2. The normalized spacial score (nSPS) is 10.9. The molecular weight excluding hydrogens is 362 g/mol. The molecule has 0 aliphatic carbocycles. The van der Waals surface area contributed by atoms with Gasteiger partial charge in [0.2, 0.25) is 5.75 Å². The molecule has 148 valence electrons. The fraction of sp³-hybridized carbons (Fsp3) is 0.200. The number of hydrogen-bond acceptors (Lipinski definition) is 3. The monoisotopic (exact) mass is 387 g/mol. The van der Waals surface area contributed by atoms with E-state index < -0.39 is 0 Å². The van der Waals surface area contributed by atoms with Gasteiger partial charge in [0.05, 0.1) is 21.3 Å². The summed E-state index contributed by atoms with van der Waals surface area (Å²) >= 11 is 0. The number of aryl methyl sites for hydroxylation is 1. The number of nitrogens with zero attached hydrogens (tertiary/aromatic N) is 1. The predicted octanol–water partition coefficient (Wildman–Crippen LogP) is 5.53. The van der Waals surface area contributed by atoms with Crippen molar-refractivity contribution in [2.24, 2.45) is 0 Å². The number of methoxy groups -OCH3 is 3. The minimum atomic E-state index is 0.609. The molecule has 4 rings (SSSR count). The summed E-state index contributed by atoms with van der Waals surface area (Å²) in [5.74, 6) is 1.94. The SMILES string of the molecule is COc1cc(Cc2c(-c3ccccc3)cc3cccc(C)n23)cc(OC)c1OC. The third-order valence-corrected chi connectivity index (χ3v) is 5.27. The lowest BCUT2D eigenvalue weighted by Crippen LogP contribution is -2.02. The second-order valence-electron chi connectivity index (χ2n) is 7.01. The molecule has 2 aromatic carbocycles. The van der Waals surface area contributed by atoms with Crippen LogP contribution in [0.2, 0.25) is 0 Å². The average molecular weight is 387 g/mol. The van der Waals surface area contributed by atoms with Gasteiger partial charge >= 0.3 is 0 Å². The first kappa shape index (κ1) is 18.9. The van der Waals surface area contributed by atoms with Crippen molar-refractivity contribution in [3.63, 3.8) is 0 Å². The molecule has 0 spiro atoms. The average Bonchev–Trinajstić information content (AvgIpc) is 3.13. The largest absolute Gasteiger partial charge is 0.493 e. The molecular formula is C25H25NO3. The fourth-order valence-corrected chi connectivity index (χ4v) is 3.94. The molecule has 0 saturated heterocycles. The lowest BCUT2D eigenvalue weighted by Gasteiger charge is -2.15. The summed E-state index contributed by atoms with van der Waals surface area (Å²) in [7, 11) is 4.91. The van der Waals surface area contributed by atoms with Gasteiger partial charge in [0, 0.05) is 28.9 Å². The van der Waals surface area contributed by atoms with Crippen LogP contribution in [0.3, 0.4) is 0 Å². The number of rotatable bonds is 6. The molecule has 0 bridgehead atoms. The van der Waals surface area contributed by atoms with Gasteiger partial charge in [-0.25, -0.2) is 0 Å². The Kier molecular flexibility index (Phi) is 5.17. The number of ether oxygens (including phenoxy) is 3. The van der Waals surface area contributed by atoms with E-state index in [-0.39, 0.29) is 0 Å². The van der Waals surface area contributed by atoms with Gasteiger partial charge in [-0.2, -0.15) is 0 Å². The molecule has 0 aliphatic heterocycles. The van der Waals surface area contributed by atoms with Crippen molar-refractivity contribution < 1.29 is 14.2 Å². The molecule has 0 atom stereocenters. The van der Waals surface area contributed by atoms with Crippen LogP contribution >= 0.6 is 0 Å². The topological polar surface area (TPSA) is 32.1 Å². The first-order valence-corrected chi connectivity index (χ1v) is 9.60. The molecule has 0 aliphatic rings. The number of aromatic nitrogens is 1. The Morgan fingerprint density at radius 2 is 1.45 bits per heavy atom. The lowest BCUT2D eigenvalue weighted by atomic mass is 10.0.